The lowest BCUT2D eigenvalue weighted by Gasteiger charge is -2.10. The molecule has 1 aromatic heterocycles. The van der Waals surface area contributed by atoms with Gasteiger partial charge in [-0.1, -0.05) is 58.4 Å². The Bertz CT molecular complexity index is 867. The minimum atomic E-state index is 0.249. The zero-order chi connectivity index (χ0) is 15.5. The van der Waals surface area contributed by atoms with Gasteiger partial charge in [-0.15, -0.1) is 0 Å². The zero-order valence-electron chi connectivity index (χ0n) is 11.6. The van der Waals surface area contributed by atoms with E-state index in [0.717, 1.165) is 26.9 Å². The number of rotatable bonds is 2. The molecule has 0 atom stereocenters. The molecule has 0 saturated heterocycles. The number of halogens is 1. The van der Waals surface area contributed by atoms with Gasteiger partial charge in [0.2, 0.25) is 0 Å². The summed E-state index contributed by atoms with van der Waals surface area (Å²) in [5, 5.41) is 9.41. The molecule has 0 bridgehead atoms. The van der Waals surface area contributed by atoms with Gasteiger partial charge in [-0.2, -0.15) is 5.26 Å². The molecule has 0 aliphatic rings. The molecule has 4 heteroatoms. The van der Waals surface area contributed by atoms with Crippen molar-refractivity contribution >= 4 is 21.7 Å². The SMILES string of the molecule is N#Cc1c(-c2cccc(Br)c2)cc(-c2ccccc2)nc1N. The van der Waals surface area contributed by atoms with Crippen molar-refractivity contribution in [3.63, 3.8) is 0 Å². The van der Waals surface area contributed by atoms with Crippen molar-refractivity contribution < 1.29 is 0 Å². The second kappa shape index (κ2) is 6.00. The Morgan fingerprint density at radius 3 is 2.36 bits per heavy atom. The van der Waals surface area contributed by atoms with E-state index in [1.54, 1.807) is 0 Å². The maximum absolute atomic E-state index is 9.41. The van der Waals surface area contributed by atoms with E-state index in [0.29, 0.717) is 5.56 Å². The third-order valence-electron chi connectivity index (χ3n) is 3.36. The molecule has 0 fully saturated rings. The van der Waals surface area contributed by atoms with Crippen LogP contribution >= 0.6 is 15.9 Å². The molecule has 0 amide bonds. The number of nitrogens with zero attached hydrogens (tertiary/aromatic N) is 2. The highest BCUT2D eigenvalue weighted by Gasteiger charge is 2.13. The van der Waals surface area contributed by atoms with Gasteiger partial charge in [0.25, 0.3) is 0 Å². The summed E-state index contributed by atoms with van der Waals surface area (Å²) in [6, 6.07) is 21.6. The highest BCUT2D eigenvalue weighted by Crippen LogP contribution is 2.32. The van der Waals surface area contributed by atoms with Gasteiger partial charge >= 0.3 is 0 Å². The van der Waals surface area contributed by atoms with Gasteiger partial charge in [0.1, 0.15) is 17.5 Å². The van der Waals surface area contributed by atoms with Gasteiger partial charge in [0.15, 0.2) is 0 Å². The predicted octanol–water partition coefficient (Wildman–Crippen LogP) is 4.63. The van der Waals surface area contributed by atoms with E-state index in [-0.39, 0.29) is 5.82 Å². The third-order valence-corrected chi connectivity index (χ3v) is 3.86. The van der Waals surface area contributed by atoms with Gasteiger partial charge in [-0.25, -0.2) is 4.98 Å². The molecule has 0 aliphatic heterocycles. The molecule has 0 aliphatic carbocycles. The number of hydrogen-bond acceptors (Lipinski definition) is 3. The first-order valence-electron chi connectivity index (χ1n) is 6.71. The van der Waals surface area contributed by atoms with Crippen LogP contribution in [-0.2, 0) is 0 Å². The van der Waals surface area contributed by atoms with E-state index in [2.05, 4.69) is 27.0 Å². The Morgan fingerprint density at radius 1 is 0.955 bits per heavy atom. The standard InChI is InChI=1S/C18H12BrN3/c19-14-8-4-7-13(9-14)15-10-17(12-5-2-1-3-6-12)22-18(21)16(15)11-20/h1-10H,(H2,21,22). The van der Waals surface area contributed by atoms with Crippen molar-refractivity contribution in [1.82, 2.24) is 4.98 Å². The highest BCUT2D eigenvalue weighted by atomic mass is 79.9. The Balaban J connectivity index is 2.25. The topological polar surface area (TPSA) is 62.7 Å². The molecule has 1 heterocycles. The summed E-state index contributed by atoms with van der Waals surface area (Å²) in [6.45, 7) is 0. The summed E-state index contributed by atoms with van der Waals surface area (Å²) in [6.07, 6.45) is 0. The molecular formula is C18H12BrN3. The minimum Gasteiger partial charge on any atom is -0.383 e. The summed E-state index contributed by atoms with van der Waals surface area (Å²) in [4.78, 5) is 4.37. The largest absolute Gasteiger partial charge is 0.383 e. The van der Waals surface area contributed by atoms with Crippen molar-refractivity contribution in [3.05, 3.63) is 70.7 Å². The molecule has 2 aromatic carbocycles. The van der Waals surface area contributed by atoms with Gasteiger partial charge in [-0.05, 0) is 23.8 Å². The average molecular weight is 350 g/mol. The summed E-state index contributed by atoms with van der Waals surface area (Å²) < 4.78 is 0.950. The molecule has 3 nitrogen and oxygen atoms in total. The summed E-state index contributed by atoms with van der Waals surface area (Å²) >= 11 is 3.46. The summed E-state index contributed by atoms with van der Waals surface area (Å²) in [5.74, 6) is 0.249. The van der Waals surface area contributed by atoms with Gasteiger partial charge in [0.05, 0.1) is 5.69 Å². The molecule has 3 aromatic rings. The maximum Gasteiger partial charge on any atom is 0.142 e. The van der Waals surface area contributed by atoms with E-state index in [1.807, 2.05) is 60.7 Å². The Labute approximate surface area is 137 Å². The molecular weight excluding hydrogens is 338 g/mol. The lowest BCUT2D eigenvalue weighted by molar-refractivity contribution is 1.31. The molecule has 0 saturated carbocycles. The Hall–Kier alpha value is -2.64. The number of nitrogens with two attached hydrogens (primary N) is 1. The number of anilines is 1. The van der Waals surface area contributed by atoms with Gasteiger partial charge in [0, 0.05) is 15.6 Å². The molecule has 3 rings (SSSR count). The maximum atomic E-state index is 9.41. The normalized spacial score (nSPS) is 10.2. The molecule has 0 radical (unpaired) electrons. The quantitative estimate of drug-likeness (QED) is 0.733. The first kappa shape index (κ1) is 14.3. The summed E-state index contributed by atoms with van der Waals surface area (Å²) in [5.41, 5.74) is 9.84. The molecule has 22 heavy (non-hydrogen) atoms. The van der Waals surface area contributed by atoms with Crippen molar-refractivity contribution in [2.75, 3.05) is 5.73 Å². The number of nitriles is 1. The Kier molecular flexibility index (Phi) is 3.90. The van der Waals surface area contributed by atoms with Crippen molar-refractivity contribution in [2.24, 2.45) is 0 Å². The van der Waals surface area contributed by atoms with Crippen molar-refractivity contribution in [2.45, 2.75) is 0 Å². The van der Waals surface area contributed by atoms with E-state index in [9.17, 15) is 5.26 Å². The summed E-state index contributed by atoms with van der Waals surface area (Å²) in [7, 11) is 0. The van der Waals surface area contributed by atoms with Crippen LogP contribution in [0.4, 0.5) is 5.82 Å². The fraction of sp³-hybridized carbons (Fsp3) is 0. The molecule has 2 N–H and O–H groups in total. The van der Waals surface area contributed by atoms with E-state index in [4.69, 9.17) is 5.73 Å². The van der Waals surface area contributed by atoms with E-state index in [1.165, 1.54) is 0 Å². The second-order valence-electron chi connectivity index (χ2n) is 4.80. The predicted molar refractivity (Wildman–Crippen MR) is 91.9 cm³/mol. The van der Waals surface area contributed by atoms with Crippen LogP contribution in [0.3, 0.4) is 0 Å². The number of hydrogen-bond donors (Lipinski definition) is 1. The second-order valence-corrected chi connectivity index (χ2v) is 5.72. The van der Waals surface area contributed by atoms with E-state index >= 15 is 0 Å². The fourth-order valence-corrected chi connectivity index (χ4v) is 2.72. The van der Waals surface area contributed by atoms with E-state index < -0.39 is 0 Å². The molecule has 0 spiro atoms. The van der Waals surface area contributed by atoms with Crippen LogP contribution in [0.15, 0.2) is 65.1 Å². The molecule has 0 unspecified atom stereocenters. The number of benzene rings is 2. The van der Waals surface area contributed by atoms with Crippen molar-refractivity contribution in [1.29, 1.82) is 5.26 Å². The number of pyridine rings is 1. The highest BCUT2D eigenvalue weighted by molar-refractivity contribution is 9.10. The van der Waals surface area contributed by atoms with Crippen LogP contribution < -0.4 is 5.73 Å². The van der Waals surface area contributed by atoms with Gasteiger partial charge in [-0.3, -0.25) is 0 Å². The Morgan fingerprint density at radius 2 is 1.68 bits per heavy atom. The van der Waals surface area contributed by atoms with Crippen LogP contribution in [0, 0.1) is 11.3 Å². The van der Waals surface area contributed by atoms with Crippen LogP contribution in [0.1, 0.15) is 5.56 Å². The van der Waals surface area contributed by atoms with Crippen molar-refractivity contribution in [3.8, 4) is 28.5 Å². The van der Waals surface area contributed by atoms with Crippen LogP contribution in [0.25, 0.3) is 22.4 Å². The third kappa shape index (κ3) is 2.72. The first-order valence-corrected chi connectivity index (χ1v) is 7.50. The van der Waals surface area contributed by atoms with Gasteiger partial charge < -0.3 is 5.73 Å². The lowest BCUT2D eigenvalue weighted by Crippen LogP contribution is -1.99. The lowest BCUT2D eigenvalue weighted by atomic mass is 9.98. The van der Waals surface area contributed by atoms with Crippen LogP contribution in [0.2, 0.25) is 0 Å². The molecule has 106 valence electrons. The van der Waals surface area contributed by atoms with Crippen LogP contribution in [-0.4, -0.2) is 4.98 Å². The first-order chi connectivity index (χ1) is 10.7. The number of aromatic nitrogens is 1. The minimum absolute atomic E-state index is 0.249. The van der Waals surface area contributed by atoms with Crippen LogP contribution in [0.5, 0.6) is 0 Å². The monoisotopic (exact) mass is 349 g/mol. The smallest absolute Gasteiger partial charge is 0.142 e. The average Bonchev–Trinajstić information content (AvgIpc) is 2.55. The zero-order valence-corrected chi connectivity index (χ0v) is 13.2. The number of nitrogen functional groups attached to an aromatic ring is 1. The fourth-order valence-electron chi connectivity index (χ4n) is 2.32.